The zero-order valence-electron chi connectivity index (χ0n) is 46.7. The molecule has 8 nitrogen and oxygen atoms in total. The van der Waals surface area contributed by atoms with Crippen molar-refractivity contribution in [1.29, 1.82) is 0 Å². The van der Waals surface area contributed by atoms with Crippen LogP contribution in [0.25, 0.3) is 0 Å². The third kappa shape index (κ3) is 9.55. The van der Waals surface area contributed by atoms with E-state index in [1.807, 2.05) is 11.1 Å². The quantitative estimate of drug-likeness (QED) is 0.169. The Morgan fingerprint density at radius 2 is 1.21 bits per heavy atom. The number of Topliss-reactive ketones (excluding diaryl/α,β-unsaturated/α-hetero) is 2. The van der Waals surface area contributed by atoms with Gasteiger partial charge >= 0.3 is 0 Å². The van der Waals surface area contributed by atoms with Crippen molar-refractivity contribution in [2.45, 2.75) is 219 Å². The SMILES string of the molecule is CC1=C2C[C@H]3[C@@H](CC[C@@H]4CC(=O)CC[C@@]43C)[C@@H]2CC[C@@]2(C1)O[C@@H]1C[C@H](C)CN(CC[N+](C)(C)C)[C@H]1[C@H]2C.CC1=C2C[C@H]3[C@@H](CC[C@@H]4CC(=O)CC[C@@]43C)[C@@H]2CC[C@]2(C1)C[C@H]1[C@@H](C[C@H](C)CN1CCN)O2.[I-]. The summed E-state index contributed by atoms with van der Waals surface area (Å²) in [4.78, 5) is 30.0. The van der Waals surface area contributed by atoms with E-state index in [-0.39, 0.29) is 35.2 Å². The number of allylic oxidation sites excluding steroid dienone is 2. The number of rotatable bonds is 5. The Morgan fingerprint density at radius 3 is 1.79 bits per heavy atom. The molecular weight excluding hydrogens is 992 g/mol. The van der Waals surface area contributed by atoms with Gasteiger partial charge in [0.1, 0.15) is 11.6 Å². The summed E-state index contributed by atoms with van der Waals surface area (Å²) in [5, 5.41) is 0. The minimum atomic E-state index is 0. The minimum absolute atomic E-state index is 0. The van der Waals surface area contributed by atoms with Gasteiger partial charge in [-0.05, 0) is 193 Å². The van der Waals surface area contributed by atoms with Crippen LogP contribution in [0.4, 0.5) is 0 Å². The second-order valence-corrected chi connectivity index (χ2v) is 29.3. The molecule has 0 aromatic rings. The van der Waals surface area contributed by atoms with E-state index in [2.05, 4.69) is 79.4 Å². The topological polar surface area (TPSA) is 85.1 Å². The molecule has 2 N–H and O–H groups in total. The highest BCUT2D eigenvalue weighted by Crippen LogP contribution is 2.67. The third-order valence-corrected chi connectivity index (χ3v) is 24.2. The van der Waals surface area contributed by atoms with Gasteiger partial charge in [-0.15, -0.1) is 0 Å². The van der Waals surface area contributed by atoms with Crippen molar-refractivity contribution in [1.82, 2.24) is 9.80 Å². The highest BCUT2D eigenvalue weighted by atomic mass is 127. The number of hydrogen-bond acceptors (Lipinski definition) is 7. The molecular formula is C62H101IN4O4. The van der Waals surface area contributed by atoms with Crippen LogP contribution in [0.2, 0.25) is 0 Å². The first-order valence-corrected chi connectivity index (χ1v) is 30.0. The smallest absolute Gasteiger partial charge is 0.133 e. The fourth-order valence-corrected chi connectivity index (χ4v) is 20.6. The Hall–Kier alpha value is -0.690. The van der Waals surface area contributed by atoms with E-state index >= 15 is 0 Å². The Kier molecular flexibility index (Phi) is 15.1. The molecule has 6 saturated carbocycles. The third-order valence-electron chi connectivity index (χ3n) is 24.2. The standard InChI is InChI=1S/C33H55N2O2.C29H46N2O2.HI/c1-21-16-30-31(34(20-21)14-15-35(5,6)7)23(3)33(37-30)13-11-26-27-9-8-24-17-25(36)10-12-32(24,4)29(27)18-28(26)22(2)19-33;1-18-12-27-26(31(17-18)11-10-30)16-29(33-27)9-7-22-23-5-4-20-13-21(32)6-8-28(20,3)25(23)14-24(22)19(2)15-29;/h21,23-24,26-27,29-31H,8-20H2,1-7H3;18,20,22-23,25-27H,4-17,30H2,1-3H3;1H/q+1;;/p-1/t21-,23+,24+,26-,27-,29-,30+,31-,32-,33-;18-,20+,22-,23-,25-,26-,27+,28-,29-;/m00./s1. The molecule has 4 saturated heterocycles. The number of likely N-dealkylation sites (tertiary alicyclic amines) is 2. The maximum Gasteiger partial charge on any atom is 0.133 e. The van der Waals surface area contributed by atoms with Gasteiger partial charge in [-0.25, -0.2) is 0 Å². The van der Waals surface area contributed by atoms with Gasteiger partial charge in [0, 0.05) is 76.4 Å². The van der Waals surface area contributed by atoms with Crippen LogP contribution in [0.15, 0.2) is 22.3 Å². The zero-order chi connectivity index (χ0) is 49.3. The lowest BCUT2D eigenvalue weighted by Crippen LogP contribution is -3.00. The number of quaternary nitrogens is 1. The number of nitrogens with two attached hydrogens (primary N) is 1. The van der Waals surface area contributed by atoms with E-state index in [1.165, 1.54) is 110 Å². The summed E-state index contributed by atoms with van der Waals surface area (Å²) in [6.45, 7) is 24.0. The molecule has 19 atom stereocenters. The first-order valence-electron chi connectivity index (χ1n) is 30.0. The number of carbonyl (C=O) groups is 2. The number of piperidine rings is 2. The normalized spacial score (nSPS) is 48.5. The average Bonchev–Trinajstić information content (AvgIpc) is 4.00. The Morgan fingerprint density at radius 1 is 0.662 bits per heavy atom. The summed E-state index contributed by atoms with van der Waals surface area (Å²) in [7, 11) is 6.98. The van der Waals surface area contributed by atoms with Gasteiger partial charge in [0.25, 0.3) is 0 Å². The average molecular weight is 1090 g/mol. The summed E-state index contributed by atoms with van der Waals surface area (Å²) in [5.74, 6) is 9.21. The molecule has 4 heterocycles. The Labute approximate surface area is 449 Å². The van der Waals surface area contributed by atoms with E-state index in [9.17, 15) is 9.59 Å². The lowest BCUT2D eigenvalue weighted by atomic mass is 9.52. The number of ketones is 2. The molecule has 400 valence electrons. The Bertz CT molecular complexity index is 2080. The number of fused-ring (bicyclic) bond motifs is 12. The van der Waals surface area contributed by atoms with Crippen LogP contribution in [0, 0.1) is 75.9 Å². The molecule has 0 radical (unpaired) electrons. The summed E-state index contributed by atoms with van der Waals surface area (Å²) in [6, 6.07) is 1.16. The maximum atomic E-state index is 12.3. The van der Waals surface area contributed by atoms with Crippen molar-refractivity contribution in [2.75, 3.05) is 60.4 Å². The van der Waals surface area contributed by atoms with Gasteiger partial charge < -0.3 is 43.7 Å². The first-order chi connectivity index (χ1) is 33.2. The van der Waals surface area contributed by atoms with E-state index in [0.29, 0.717) is 70.4 Å². The lowest BCUT2D eigenvalue weighted by Gasteiger charge is -2.52. The van der Waals surface area contributed by atoms with Crippen molar-refractivity contribution in [3.63, 3.8) is 0 Å². The van der Waals surface area contributed by atoms with Crippen LogP contribution in [0.1, 0.15) is 183 Å². The zero-order valence-corrected chi connectivity index (χ0v) is 48.8. The number of likely N-dealkylation sites (N-methyl/N-ethyl adjacent to an activating group) is 1. The van der Waals surface area contributed by atoms with E-state index in [0.717, 1.165) is 110 Å². The molecule has 12 rings (SSSR count). The van der Waals surface area contributed by atoms with Gasteiger partial charge in [-0.2, -0.15) is 0 Å². The van der Waals surface area contributed by atoms with Gasteiger partial charge in [0.15, 0.2) is 0 Å². The molecule has 4 aliphatic heterocycles. The fourth-order valence-electron chi connectivity index (χ4n) is 20.6. The molecule has 0 aromatic carbocycles. The van der Waals surface area contributed by atoms with Crippen LogP contribution < -0.4 is 29.7 Å². The van der Waals surface area contributed by atoms with E-state index in [4.69, 9.17) is 15.2 Å². The predicted molar refractivity (Wildman–Crippen MR) is 282 cm³/mol. The minimum Gasteiger partial charge on any atom is -1.00 e. The molecule has 8 aliphatic carbocycles. The maximum absolute atomic E-state index is 12.3. The summed E-state index contributed by atoms with van der Waals surface area (Å²) in [5.41, 5.74) is 13.8. The van der Waals surface area contributed by atoms with Crippen LogP contribution in [0.3, 0.4) is 0 Å². The van der Waals surface area contributed by atoms with E-state index in [1.54, 1.807) is 11.1 Å². The lowest BCUT2D eigenvalue weighted by molar-refractivity contribution is -0.869. The molecule has 0 bridgehead atoms. The van der Waals surface area contributed by atoms with E-state index < -0.39 is 0 Å². The van der Waals surface area contributed by atoms with Crippen LogP contribution >= 0.6 is 0 Å². The van der Waals surface area contributed by atoms with Crippen LogP contribution in [-0.4, -0.2) is 122 Å². The number of hydrogen-bond donors (Lipinski definition) is 1. The monoisotopic (exact) mass is 1090 g/mol. The van der Waals surface area contributed by atoms with Crippen molar-refractivity contribution >= 4 is 11.6 Å². The molecule has 10 fully saturated rings. The van der Waals surface area contributed by atoms with Gasteiger partial charge in [0.05, 0.1) is 51.1 Å². The molecule has 0 unspecified atom stereocenters. The Balaban J connectivity index is 0.000000163. The summed E-state index contributed by atoms with van der Waals surface area (Å²) < 4.78 is 15.4. The van der Waals surface area contributed by atoms with Gasteiger partial charge in [-0.1, -0.05) is 56.9 Å². The number of halogens is 1. The molecule has 71 heavy (non-hydrogen) atoms. The molecule has 2 spiro atoms. The largest absolute Gasteiger partial charge is 1.00 e. The van der Waals surface area contributed by atoms with Crippen molar-refractivity contribution in [3.8, 4) is 0 Å². The van der Waals surface area contributed by atoms with Gasteiger partial charge in [-0.3, -0.25) is 19.4 Å². The fraction of sp³-hybridized carbons (Fsp3) is 0.903. The second kappa shape index (κ2) is 20.0. The molecule has 9 heteroatoms. The molecule has 0 amide bonds. The first kappa shape index (κ1) is 53.7. The second-order valence-electron chi connectivity index (χ2n) is 29.3. The summed E-state index contributed by atoms with van der Waals surface area (Å²) >= 11 is 0. The molecule has 0 aromatic heterocycles. The summed E-state index contributed by atoms with van der Waals surface area (Å²) in [6.07, 6.45) is 25.4. The number of nitrogens with zero attached hydrogens (tertiary/aromatic N) is 3. The number of ether oxygens (including phenoxy) is 2. The van der Waals surface area contributed by atoms with Crippen LogP contribution in [0.5, 0.6) is 0 Å². The van der Waals surface area contributed by atoms with Crippen molar-refractivity contribution in [2.24, 2.45) is 81.7 Å². The van der Waals surface area contributed by atoms with Crippen molar-refractivity contribution < 1.29 is 47.5 Å². The highest BCUT2D eigenvalue weighted by Gasteiger charge is 2.62. The van der Waals surface area contributed by atoms with Crippen LogP contribution in [-0.2, 0) is 19.1 Å². The van der Waals surface area contributed by atoms with Gasteiger partial charge in [0.2, 0.25) is 0 Å². The molecule has 12 aliphatic rings. The van der Waals surface area contributed by atoms with Crippen molar-refractivity contribution in [3.05, 3.63) is 22.3 Å². The highest BCUT2D eigenvalue weighted by molar-refractivity contribution is 5.80. The predicted octanol–water partition coefficient (Wildman–Crippen LogP) is 8.21. The number of carbonyl (C=O) groups excluding carboxylic acids is 2.